The lowest BCUT2D eigenvalue weighted by Crippen LogP contribution is -2.33. The van der Waals surface area contributed by atoms with Crippen LogP contribution < -0.4 is 25.3 Å². The number of hydrogen-bond acceptors (Lipinski definition) is 8. The van der Waals surface area contributed by atoms with Gasteiger partial charge in [-0.15, -0.1) is 0 Å². The van der Waals surface area contributed by atoms with Crippen molar-refractivity contribution < 1.29 is 37.6 Å². The lowest BCUT2D eigenvalue weighted by atomic mass is 10.2. The van der Waals surface area contributed by atoms with E-state index in [1.54, 1.807) is 42.5 Å². The van der Waals surface area contributed by atoms with E-state index in [4.69, 9.17) is 29.4 Å². The molecule has 3 aromatic carbocycles. The Hall–Kier alpha value is -3.28. The number of hydrogen-bond donors (Lipinski definition) is 3. The number of rotatable bonds is 19. The lowest BCUT2D eigenvalue weighted by Gasteiger charge is -2.17. The third kappa shape index (κ3) is 12.0. The Labute approximate surface area is 227 Å². The van der Waals surface area contributed by atoms with Crippen molar-refractivity contribution in [3.63, 3.8) is 0 Å². The number of halogens is 2. The van der Waals surface area contributed by atoms with E-state index in [1.807, 2.05) is 0 Å². The van der Waals surface area contributed by atoms with E-state index < -0.39 is 6.10 Å². The van der Waals surface area contributed by atoms with Crippen molar-refractivity contribution in [3.05, 3.63) is 89.5 Å². The number of ether oxygens (including phenoxy) is 5. The third-order valence-corrected chi connectivity index (χ3v) is 5.41. The van der Waals surface area contributed by atoms with Gasteiger partial charge in [0, 0.05) is 25.7 Å². The minimum atomic E-state index is -0.740. The number of aliphatic hydroxyl groups excluding tert-OH is 1. The third-order valence-electron chi connectivity index (χ3n) is 5.41. The summed E-state index contributed by atoms with van der Waals surface area (Å²) in [6.45, 7) is 3.86. The van der Waals surface area contributed by atoms with Gasteiger partial charge in [0.25, 0.3) is 0 Å². The Kier molecular flexibility index (Phi) is 13.5. The van der Waals surface area contributed by atoms with Crippen LogP contribution >= 0.6 is 0 Å². The molecule has 1 unspecified atom stereocenters. The molecule has 0 bridgehead atoms. The number of nitrogens with one attached hydrogen (secondary N) is 1. The Morgan fingerprint density at radius 2 is 1.31 bits per heavy atom. The summed E-state index contributed by atoms with van der Waals surface area (Å²) in [5.74, 6) is 0.714. The van der Waals surface area contributed by atoms with Gasteiger partial charge >= 0.3 is 0 Å². The van der Waals surface area contributed by atoms with Gasteiger partial charge in [0.1, 0.15) is 43.3 Å². The van der Waals surface area contributed by atoms with Crippen molar-refractivity contribution in [2.45, 2.75) is 19.3 Å². The molecule has 212 valence electrons. The van der Waals surface area contributed by atoms with E-state index in [1.165, 1.54) is 24.3 Å². The first-order valence-electron chi connectivity index (χ1n) is 12.8. The zero-order chi connectivity index (χ0) is 27.7. The average molecular weight is 547 g/mol. The molecular formula is C29H36F2N2O6. The van der Waals surface area contributed by atoms with Crippen LogP contribution in [0.25, 0.3) is 0 Å². The van der Waals surface area contributed by atoms with E-state index in [2.05, 4.69) is 5.32 Å². The van der Waals surface area contributed by atoms with Gasteiger partial charge in [-0.2, -0.15) is 0 Å². The maximum atomic E-state index is 13.2. The number of aliphatic hydroxyl groups is 1. The van der Waals surface area contributed by atoms with Crippen LogP contribution in [0.2, 0.25) is 0 Å². The molecule has 0 radical (unpaired) electrons. The van der Waals surface area contributed by atoms with Gasteiger partial charge in [-0.05, 0) is 47.5 Å². The largest absolute Gasteiger partial charge is 0.491 e. The molecule has 1 atom stereocenters. The molecule has 4 N–H and O–H groups in total. The van der Waals surface area contributed by atoms with Crippen molar-refractivity contribution in [1.82, 2.24) is 5.32 Å². The van der Waals surface area contributed by atoms with Gasteiger partial charge in [0.2, 0.25) is 0 Å². The van der Waals surface area contributed by atoms with E-state index >= 15 is 0 Å². The van der Waals surface area contributed by atoms with Crippen LogP contribution in [0, 0.1) is 11.6 Å². The standard InChI is InChI=1S/C29H36F2N2O6/c30-24-5-1-22(2-6-24)19-38-28-10-9-27(17-29(28)39-20-23-3-7-25(31)8-4-23)37-21-26(34)18-33-12-14-36-16-15-35-13-11-32/h1-10,17,26,33-34H,11-16,18-21,32H2. The fourth-order valence-electron chi connectivity index (χ4n) is 3.36. The van der Waals surface area contributed by atoms with Gasteiger partial charge in [-0.1, -0.05) is 24.3 Å². The molecule has 0 saturated heterocycles. The Morgan fingerprint density at radius 3 is 1.92 bits per heavy atom. The molecule has 0 aliphatic carbocycles. The van der Waals surface area contributed by atoms with Crippen molar-refractivity contribution >= 4 is 0 Å². The van der Waals surface area contributed by atoms with E-state index in [-0.39, 0.29) is 31.5 Å². The molecule has 0 heterocycles. The molecule has 3 aromatic rings. The second-order valence-corrected chi connectivity index (χ2v) is 8.62. The van der Waals surface area contributed by atoms with Crippen LogP contribution in [0.15, 0.2) is 66.7 Å². The fourth-order valence-corrected chi connectivity index (χ4v) is 3.36. The Morgan fingerprint density at radius 1 is 0.718 bits per heavy atom. The van der Waals surface area contributed by atoms with Crippen LogP contribution in [0.4, 0.5) is 8.78 Å². The lowest BCUT2D eigenvalue weighted by molar-refractivity contribution is 0.0498. The van der Waals surface area contributed by atoms with Gasteiger partial charge in [-0.25, -0.2) is 8.78 Å². The highest BCUT2D eigenvalue weighted by Crippen LogP contribution is 2.33. The van der Waals surface area contributed by atoms with E-state index in [0.29, 0.717) is 63.3 Å². The first kappa shape index (κ1) is 30.3. The van der Waals surface area contributed by atoms with Gasteiger partial charge < -0.3 is 39.8 Å². The summed E-state index contributed by atoms with van der Waals surface area (Å²) >= 11 is 0. The highest BCUT2D eigenvalue weighted by atomic mass is 19.1. The molecule has 0 fully saturated rings. The molecule has 0 spiro atoms. The summed E-state index contributed by atoms with van der Waals surface area (Å²) in [5.41, 5.74) is 6.92. The van der Waals surface area contributed by atoms with Gasteiger partial charge in [0.15, 0.2) is 11.5 Å². The highest BCUT2D eigenvalue weighted by molar-refractivity contribution is 5.46. The molecule has 8 nitrogen and oxygen atoms in total. The molecule has 0 aliphatic heterocycles. The van der Waals surface area contributed by atoms with Crippen molar-refractivity contribution in [2.75, 3.05) is 52.7 Å². The first-order valence-corrected chi connectivity index (χ1v) is 12.8. The minimum absolute atomic E-state index is 0.0635. The highest BCUT2D eigenvalue weighted by Gasteiger charge is 2.11. The van der Waals surface area contributed by atoms with Crippen LogP contribution in [-0.4, -0.2) is 63.9 Å². The molecule has 0 saturated carbocycles. The van der Waals surface area contributed by atoms with Gasteiger partial charge in [0.05, 0.1) is 26.4 Å². The zero-order valence-electron chi connectivity index (χ0n) is 21.8. The summed E-state index contributed by atoms with van der Waals surface area (Å²) in [4.78, 5) is 0. The van der Waals surface area contributed by atoms with Crippen LogP contribution in [0.5, 0.6) is 17.2 Å². The summed E-state index contributed by atoms with van der Waals surface area (Å²) in [6.07, 6.45) is -0.740. The van der Waals surface area contributed by atoms with Crippen molar-refractivity contribution in [2.24, 2.45) is 5.73 Å². The zero-order valence-corrected chi connectivity index (χ0v) is 21.8. The topological polar surface area (TPSA) is 104 Å². The molecule has 39 heavy (non-hydrogen) atoms. The van der Waals surface area contributed by atoms with Gasteiger partial charge in [-0.3, -0.25) is 0 Å². The normalized spacial score (nSPS) is 11.8. The van der Waals surface area contributed by atoms with E-state index in [0.717, 1.165) is 11.1 Å². The fraction of sp³-hybridized carbons (Fsp3) is 0.379. The monoisotopic (exact) mass is 546 g/mol. The SMILES string of the molecule is NCCOCCOCCNCC(O)COc1ccc(OCc2ccc(F)cc2)c(OCc2ccc(F)cc2)c1. The average Bonchev–Trinajstić information content (AvgIpc) is 2.95. The molecular weight excluding hydrogens is 510 g/mol. The summed E-state index contributed by atoms with van der Waals surface area (Å²) in [5, 5.41) is 13.4. The first-order chi connectivity index (χ1) is 19.0. The predicted octanol–water partition coefficient (Wildman–Crippen LogP) is 3.44. The quantitative estimate of drug-likeness (QED) is 0.197. The maximum Gasteiger partial charge on any atom is 0.165 e. The molecule has 0 aliphatic rings. The second kappa shape index (κ2) is 17.3. The Balaban J connectivity index is 1.49. The minimum Gasteiger partial charge on any atom is -0.491 e. The summed E-state index contributed by atoms with van der Waals surface area (Å²) in [7, 11) is 0. The van der Waals surface area contributed by atoms with Crippen molar-refractivity contribution in [1.29, 1.82) is 0 Å². The summed E-state index contributed by atoms with van der Waals surface area (Å²) in [6, 6.07) is 17.1. The van der Waals surface area contributed by atoms with Crippen LogP contribution in [0.1, 0.15) is 11.1 Å². The predicted molar refractivity (Wildman–Crippen MR) is 143 cm³/mol. The van der Waals surface area contributed by atoms with Crippen LogP contribution in [-0.2, 0) is 22.7 Å². The Bertz CT molecular complexity index is 1090. The molecule has 10 heteroatoms. The molecule has 0 amide bonds. The number of nitrogens with two attached hydrogens (primary N) is 1. The number of benzene rings is 3. The van der Waals surface area contributed by atoms with E-state index in [9.17, 15) is 13.9 Å². The molecule has 3 rings (SSSR count). The van der Waals surface area contributed by atoms with Crippen molar-refractivity contribution in [3.8, 4) is 17.2 Å². The maximum absolute atomic E-state index is 13.2. The molecule has 0 aromatic heterocycles. The second-order valence-electron chi connectivity index (χ2n) is 8.62. The smallest absolute Gasteiger partial charge is 0.165 e. The van der Waals surface area contributed by atoms with Crippen LogP contribution in [0.3, 0.4) is 0 Å². The summed E-state index contributed by atoms with van der Waals surface area (Å²) < 4.78 is 54.8.